The second-order valence-corrected chi connectivity index (χ2v) is 5.09. The summed E-state index contributed by atoms with van der Waals surface area (Å²) in [6.45, 7) is 6.16. The van der Waals surface area contributed by atoms with Gasteiger partial charge in [0, 0.05) is 17.0 Å². The van der Waals surface area contributed by atoms with E-state index in [-0.39, 0.29) is 11.6 Å². The Balaban J connectivity index is 1.97. The molecule has 78 valence electrons. The average Bonchev–Trinajstić information content (AvgIpc) is 2.72. The van der Waals surface area contributed by atoms with Gasteiger partial charge in [0.05, 0.1) is 6.61 Å². The second-order valence-electron chi connectivity index (χ2n) is 4.11. The molecular weight excluding hydrogens is 194 g/mol. The van der Waals surface area contributed by atoms with E-state index in [1.807, 2.05) is 0 Å². The van der Waals surface area contributed by atoms with E-state index in [0.717, 1.165) is 19.6 Å². The highest BCUT2D eigenvalue weighted by atomic mass is 32.1. The van der Waals surface area contributed by atoms with E-state index < -0.39 is 0 Å². The summed E-state index contributed by atoms with van der Waals surface area (Å²) in [6, 6.07) is 4.22. The molecule has 0 bridgehead atoms. The molecule has 1 saturated heterocycles. The van der Waals surface area contributed by atoms with Crippen LogP contribution < -0.4 is 5.32 Å². The first-order valence-electron chi connectivity index (χ1n) is 5.13. The molecule has 1 aliphatic rings. The van der Waals surface area contributed by atoms with Crippen molar-refractivity contribution >= 4 is 11.3 Å². The smallest absolute Gasteiger partial charge is 0.104 e. The maximum atomic E-state index is 5.88. The molecule has 1 aliphatic heterocycles. The molecule has 2 nitrogen and oxygen atoms in total. The lowest BCUT2D eigenvalue weighted by atomic mass is 9.98. The van der Waals surface area contributed by atoms with Crippen molar-refractivity contribution in [1.82, 2.24) is 5.32 Å². The van der Waals surface area contributed by atoms with Crippen LogP contribution in [-0.4, -0.2) is 18.7 Å². The van der Waals surface area contributed by atoms with Crippen LogP contribution in [0.15, 0.2) is 17.5 Å². The van der Waals surface area contributed by atoms with E-state index in [4.69, 9.17) is 4.74 Å². The molecule has 2 heterocycles. The fourth-order valence-corrected chi connectivity index (χ4v) is 2.39. The van der Waals surface area contributed by atoms with Crippen molar-refractivity contribution in [1.29, 1.82) is 0 Å². The van der Waals surface area contributed by atoms with E-state index in [0.29, 0.717) is 0 Å². The van der Waals surface area contributed by atoms with Crippen LogP contribution in [0, 0.1) is 0 Å². The Hall–Kier alpha value is -0.380. The van der Waals surface area contributed by atoms with Crippen molar-refractivity contribution in [3.63, 3.8) is 0 Å². The quantitative estimate of drug-likeness (QED) is 0.812. The van der Waals surface area contributed by atoms with Crippen LogP contribution in [0.4, 0.5) is 0 Å². The molecule has 0 amide bonds. The summed E-state index contributed by atoms with van der Waals surface area (Å²) in [4.78, 5) is 1.33. The third-order valence-corrected chi connectivity index (χ3v) is 3.92. The largest absolute Gasteiger partial charge is 0.369 e. The molecule has 1 aromatic rings. The van der Waals surface area contributed by atoms with Gasteiger partial charge in [-0.3, -0.25) is 0 Å². The fraction of sp³-hybridized carbons (Fsp3) is 0.636. The lowest BCUT2D eigenvalue weighted by Crippen LogP contribution is -2.52. The summed E-state index contributed by atoms with van der Waals surface area (Å²) in [7, 11) is 0. The van der Waals surface area contributed by atoms with Gasteiger partial charge in [-0.15, -0.1) is 11.3 Å². The molecule has 3 heteroatoms. The van der Waals surface area contributed by atoms with Crippen molar-refractivity contribution < 1.29 is 4.74 Å². The minimum atomic E-state index is 0.174. The summed E-state index contributed by atoms with van der Waals surface area (Å²) >= 11 is 1.77. The maximum absolute atomic E-state index is 5.88. The molecule has 2 rings (SSSR count). The molecule has 0 aromatic carbocycles. The van der Waals surface area contributed by atoms with Gasteiger partial charge >= 0.3 is 0 Å². The van der Waals surface area contributed by atoms with Crippen LogP contribution in [0.5, 0.6) is 0 Å². The predicted molar refractivity (Wildman–Crippen MR) is 59.7 cm³/mol. The third kappa shape index (κ3) is 2.00. The minimum absolute atomic E-state index is 0.174. The zero-order chi connectivity index (χ0) is 10.0. The van der Waals surface area contributed by atoms with Crippen LogP contribution in [0.2, 0.25) is 0 Å². The molecule has 0 radical (unpaired) electrons. The van der Waals surface area contributed by atoms with Gasteiger partial charge in [0.1, 0.15) is 6.10 Å². The van der Waals surface area contributed by atoms with E-state index in [1.54, 1.807) is 11.3 Å². The minimum Gasteiger partial charge on any atom is -0.369 e. The van der Waals surface area contributed by atoms with Crippen LogP contribution >= 0.6 is 11.3 Å². The first-order chi connectivity index (χ1) is 6.73. The molecule has 2 unspecified atom stereocenters. The van der Waals surface area contributed by atoms with Gasteiger partial charge in [-0.25, -0.2) is 0 Å². The number of hydrogen-bond donors (Lipinski definition) is 1. The van der Waals surface area contributed by atoms with E-state index in [1.165, 1.54) is 4.88 Å². The summed E-state index contributed by atoms with van der Waals surface area (Å²) in [5.74, 6) is 0. The van der Waals surface area contributed by atoms with Crippen LogP contribution in [0.25, 0.3) is 0 Å². The second kappa shape index (κ2) is 4.01. The highest BCUT2D eigenvalue weighted by Gasteiger charge is 2.30. The number of thiophene rings is 1. The Morgan fingerprint density at radius 2 is 2.57 bits per heavy atom. The van der Waals surface area contributed by atoms with E-state index in [9.17, 15) is 0 Å². The Bertz CT molecular complexity index is 275. The average molecular weight is 211 g/mol. The molecule has 1 N–H and O–H groups in total. The molecule has 1 aromatic heterocycles. The standard InChI is InChI=1S/C11H17NOS/c1-3-11(2)8-13-9(7-12-11)10-5-4-6-14-10/h4-6,9,12H,3,7-8H2,1-2H3. The van der Waals surface area contributed by atoms with Gasteiger partial charge in [0.25, 0.3) is 0 Å². The van der Waals surface area contributed by atoms with Crippen molar-refractivity contribution in [2.24, 2.45) is 0 Å². The monoisotopic (exact) mass is 211 g/mol. The molecule has 2 atom stereocenters. The Morgan fingerprint density at radius 3 is 3.07 bits per heavy atom. The van der Waals surface area contributed by atoms with Crippen molar-refractivity contribution in [3.8, 4) is 0 Å². The zero-order valence-electron chi connectivity index (χ0n) is 8.75. The summed E-state index contributed by atoms with van der Waals surface area (Å²) in [5, 5.41) is 5.67. The van der Waals surface area contributed by atoms with Crippen LogP contribution in [-0.2, 0) is 4.74 Å². The number of ether oxygens (including phenoxy) is 1. The summed E-state index contributed by atoms with van der Waals surface area (Å²) < 4.78 is 5.88. The molecule has 1 fully saturated rings. The lowest BCUT2D eigenvalue weighted by molar-refractivity contribution is -0.0282. The maximum Gasteiger partial charge on any atom is 0.104 e. The fourth-order valence-electron chi connectivity index (χ4n) is 1.62. The van der Waals surface area contributed by atoms with Crippen molar-refractivity contribution in [3.05, 3.63) is 22.4 Å². The van der Waals surface area contributed by atoms with Gasteiger partial charge in [-0.1, -0.05) is 13.0 Å². The topological polar surface area (TPSA) is 21.3 Å². The molecule has 0 saturated carbocycles. The number of rotatable bonds is 2. The van der Waals surface area contributed by atoms with Gasteiger partial charge in [0.15, 0.2) is 0 Å². The Morgan fingerprint density at radius 1 is 1.71 bits per heavy atom. The number of hydrogen-bond acceptors (Lipinski definition) is 3. The van der Waals surface area contributed by atoms with Gasteiger partial charge in [0.2, 0.25) is 0 Å². The van der Waals surface area contributed by atoms with Gasteiger partial charge < -0.3 is 10.1 Å². The number of nitrogens with one attached hydrogen (secondary N) is 1. The molecule has 14 heavy (non-hydrogen) atoms. The van der Waals surface area contributed by atoms with Crippen molar-refractivity contribution in [2.45, 2.75) is 31.9 Å². The van der Waals surface area contributed by atoms with E-state index in [2.05, 4.69) is 36.7 Å². The normalized spacial score (nSPS) is 33.1. The predicted octanol–water partition coefficient (Wildman–Crippen LogP) is 2.58. The van der Waals surface area contributed by atoms with Gasteiger partial charge in [-0.05, 0) is 24.8 Å². The highest BCUT2D eigenvalue weighted by molar-refractivity contribution is 7.10. The highest BCUT2D eigenvalue weighted by Crippen LogP contribution is 2.27. The molecule has 0 aliphatic carbocycles. The third-order valence-electron chi connectivity index (χ3n) is 2.96. The van der Waals surface area contributed by atoms with E-state index >= 15 is 0 Å². The lowest BCUT2D eigenvalue weighted by Gasteiger charge is -2.37. The Kier molecular flexibility index (Phi) is 2.91. The molecule has 0 spiro atoms. The summed E-state index contributed by atoms with van der Waals surface area (Å²) in [6.07, 6.45) is 1.37. The SMILES string of the molecule is CCC1(C)COC(c2cccs2)CN1. The molecular formula is C11H17NOS. The summed E-state index contributed by atoms with van der Waals surface area (Å²) in [5.41, 5.74) is 0.174. The Labute approximate surface area is 89.3 Å². The zero-order valence-corrected chi connectivity index (χ0v) is 9.56. The van der Waals surface area contributed by atoms with Crippen LogP contribution in [0.3, 0.4) is 0 Å². The van der Waals surface area contributed by atoms with Crippen LogP contribution in [0.1, 0.15) is 31.2 Å². The number of morpholine rings is 1. The first kappa shape index (κ1) is 10.1. The van der Waals surface area contributed by atoms with Gasteiger partial charge in [-0.2, -0.15) is 0 Å². The first-order valence-corrected chi connectivity index (χ1v) is 6.01. The van der Waals surface area contributed by atoms with Crippen molar-refractivity contribution in [2.75, 3.05) is 13.2 Å².